The summed E-state index contributed by atoms with van der Waals surface area (Å²) in [5.41, 5.74) is 7.96. The first kappa shape index (κ1) is 13.7. The number of thioether (sulfide) groups is 1. The Bertz CT molecular complexity index is 165. The van der Waals surface area contributed by atoms with Crippen LogP contribution >= 0.6 is 11.8 Å². The number of carbonyl (C=O) groups excluding carboxylic acids is 1. The van der Waals surface area contributed by atoms with Crippen molar-refractivity contribution in [1.82, 2.24) is 5.48 Å². The van der Waals surface area contributed by atoms with E-state index in [4.69, 9.17) is 10.6 Å². The van der Waals surface area contributed by atoms with Crippen molar-refractivity contribution in [2.45, 2.75) is 26.3 Å². The van der Waals surface area contributed by atoms with Crippen molar-refractivity contribution in [3.05, 3.63) is 0 Å². The van der Waals surface area contributed by atoms with Crippen LogP contribution in [0.4, 0.5) is 0 Å². The highest BCUT2D eigenvalue weighted by molar-refractivity contribution is 7.98. The molecular formula is C9H20N2O2S. The molecule has 0 saturated carbocycles. The van der Waals surface area contributed by atoms with E-state index in [1.54, 1.807) is 11.8 Å². The summed E-state index contributed by atoms with van der Waals surface area (Å²) in [6.45, 7) is 4.54. The molecule has 0 aliphatic rings. The predicted octanol–water partition coefficient (Wildman–Crippen LogP) is 0.771. The Morgan fingerprint density at radius 2 is 2.21 bits per heavy atom. The van der Waals surface area contributed by atoms with Gasteiger partial charge in [-0.05, 0) is 24.3 Å². The average Bonchev–Trinajstić information content (AvgIpc) is 2.13. The fraction of sp³-hybridized carbons (Fsp3) is 0.889. The van der Waals surface area contributed by atoms with E-state index in [2.05, 4.69) is 5.48 Å². The SMILES string of the molecule is CSCC[C@@H](N)C(=O)NOCC(C)C. The van der Waals surface area contributed by atoms with Crippen LogP contribution in [0.1, 0.15) is 20.3 Å². The van der Waals surface area contributed by atoms with Crippen molar-refractivity contribution in [2.24, 2.45) is 11.7 Å². The summed E-state index contributed by atoms with van der Waals surface area (Å²) in [5.74, 6) is 1.05. The molecule has 0 heterocycles. The molecule has 0 spiro atoms. The smallest absolute Gasteiger partial charge is 0.260 e. The van der Waals surface area contributed by atoms with Crippen molar-refractivity contribution in [2.75, 3.05) is 18.6 Å². The molecule has 5 heteroatoms. The lowest BCUT2D eigenvalue weighted by molar-refractivity contribution is -0.135. The van der Waals surface area contributed by atoms with Crippen LogP contribution in [0.2, 0.25) is 0 Å². The first-order valence-corrected chi connectivity index (χ1v) is 6.13. The third kappa shape index (κ3) is 7.17. The minimum atomic E-state index is -0.463. The molecular weight excluding hydrogens is 200 g/mol. The van der Waals surface area contributed by atoms with E-state index in [-0.39, 0.29) is 5.91 Å². The zero-order chi connectivity index (χ0) is 11.0. The van der Waals surface area contributed by atoms with Crippen molar-refractivity contribution in [3.63, 3.8) is 0 Å². The quantitative estimate of drug-likeness (QED) is 0.622. The highest BCUT2D eigenvalue weighted by Crippen LogP contribution is 1.98. The van der Waals surface area contributed by atoms with Crippen LogP contribution in [0.5, 0.6) is 0 Å². The van der Waals surface area contributed by atoms with Gasteiger partial charge in [0.15, 0.2) is 0 Å². The van der Waals surface area contributed by atoms with E-state index < -0.39 is 6.04 Å². The number of hydrogen-bond donors (Lipinski definition) is 2. The van der Waals surface area contributed by atoms with Gasteiger partial charge in [0, 0.05) is 0 Å². The molecule has 0 unspecified atom stereocenters. The summed E-state index contributed by atoms with van der Waals surface area (Å²) >= 11 is 1.68. The monoisotopic (exact) mass is 220 g/mol. The molecule has 3 N–H and O–H groups in total. The fourth-order valence-electron chi connectivity index (χ4n) is 0.731. The van der Waals surface area contributed by atoms with Gasteiger partial charge in [-0.25, -0.2) is 5.48 Å². The molecule has 1 atom stereocenters. The van der Waals surface area contributed by atoms with Gasteiger partial charge in [-0.1, -0.05) is 13.8 Å². The van der Waals surface area contributed by atoms with Gasteiger partial charge in [0.1, 0.15) is 0 Å². The number of hydrogen-bond acceptors (Lipinski definition) is 4. The average molecular weight is 220 g/mol. The Morgan fingerprint density at radius 3 is 2.71 bits per heavy atom. The van der Waals surface area contributed by atoms with E-state index in [1.807, 2.05) is 20.1 Å². The zero-order valence-electron chi connectivity index (χ0n) is 9.08. The third-order valence-electron chi connectivity index (χ3n) is 1.56. The number of carbonyl (C=O) groups is 1. The van der Waals surface area contributed by atoms with E-state index in [0.29, 0.717) is 18.9 Å². The lowest BCUT2D eigenvalue weighted by atomic mass is 10.2. The van der Waals surface area contributed by atoms with E-state index in [9.17, 15) is 4.79 Å². The number of nitrogens with one attached hydrogen (secondary N) is 1. The lowest BCUT2D eigenvalue weighted by Crippen LogP contribution is -2.41. The second-order valence-corrected chi connectivity index (χ2v) is 4.54. The highest BCUT2D eigenvalue weighted by Gasteiger charge is 2.12. The molecule has 0 aliphatic carbocycles. The van der Waals surface area contributed by atoms with Gasteiger partial charge in [0.2, 0.25) is 0 Å². The Morgan fingerprint density at radius 1 is 1.57 bits per heavy atom. The Kier molecular flexibility index (Phi) is 7.93. The van der Waals surface area contributed by atoms with Crippen LogP contribution in [0.15, 0.2) is 0 Å². The number of hydroxylamine groups is 1. The second-order valence-electron chi connectivity index (χ2n) is 3.56. The Balaban J connectivity index is 3.52. The Labute approximate surface area is 89.9 Å². The molecule has 14 heavy (non-hydrogen) atoms. The third-order valence-corrected chi connectivity index (χ3v) is 2.20. The maximum absolute atomic E-state index is 11.3. The number of nitrogens with two attached hydrogens (primary N) is 1. The van der Waals surface area contributed by atoms with Gasteiger partial charge in [0.05, 0.1) is 12.6 Å². The van der Waals surface area contributed by atoms with Gasteiger partial charge in [-0.2, -0.15) is 11.8 Å². The summed E-state index contributed by atoms with van der Waals surface area (Å²) in [5, 5.41) is 0. The van der Waals surface area contributed by atoms with E-state index >= 15 is 0 Å². The molecule has 0 aromatic carbocycles. The molecule has 1 amide bonds. The van der Waals surface area contributed by atoms with Gasteiger partial charge in [-0.3, -0.25) is 9.63 Å². The van der Waals surface area contributed by atoms with Gasteiger partial charge >= 0.3 is 0 Å². The van der Waals surface area contributed by atoms with E-state index in [0.717, 1.165) is 5.75 Å². The Hall–Kier alpha value is -0.260. The molecule has 84 valence electrons. The largest absolute Gasteiger partial charge is 0.320 e. The van der Waals surface area contributed by atoms with Gasteiger partial charge in [0.25, 0.3) is 5.91 Å². The first-order chi connectivity index (χ1) is 6.57. The van der Waals surface area contributed by atoms with Crippen LogP contribution in [-0.2, 0) is 9.63 Å². The summed E-state index contributed by atoms with van der Waals surface area (Å²) in [6.07, 6.45) is 2.66. The second kappa shape index (κ2) is 8.08. The molecule has 0 radical (unpaired) electrons. The van der Waals surface area contributed by atoms with Crippen molar-refractivity contribution >= 4 is 17.7 Å². The molecule has 0 aromatic heterocycles. The molecule has 4 nitrogen and oxygen atoms in total. The van der Waals surface area contributed by atoms with E-state index in [1.165, 1.54) is 0 Å². The minimum Gasteiger partial charge on any atom is -0.320 e. The summed E-state index contributed by atoms with van der Waals surface area (Å²) in [7, 11) is 0. The zero-order valence-corrected chi connectivity index (χ0v) is 9.89. The van der Waals surface area contributed by atoms with Crippen LogP contribution in [0, 0.1) is 5.92 Å². The standard InChI is InChI=1S/C9H20N2O2S/c1-7(2)6-13-11-9(12)8(10)4-5-14-3/h7-8H,4-6,10H2,1-3H3,(H,11,12)/t8-/m1/s1. The van der Waals surface area contributed by atoms with Crippen molar-refractivity contribution in [1.29, 1.82) is 0 Å². The highest BCUT2D eigenvalue weighted by atomic mass is 32.2. The first-order valence-electron chi connectivity index (χ1n) is 4.74. The number of rotatable bonds is 7. The normalized spacial score (nSPS) is 12.9. The summed E-state index contributed by atoms with van der Waals surface area (Å²) in [6, 6.07) is -0.463. The molecule has 0 rings (SSSR count). The molecule has 0 saturated heterocycles. The molecule has 0 aromatic rings. The van der Waals surface area contributed by atoms with Gasteiger partial charge < -0.3 is 5.73 Å². The van der Waals surface area contributed by atoms with Crippen LogP contribution in [0.3, 0.4) is 0 Å². The lowest BCUT2D eigenvalue weighted by Gasteiger charge is -2.12. The molecule has 0 bridgehead atoms. The topological polar surface area (TPSA) is 64.4 Å². The van der Waals surface area contributed by atoms with Gasteiger partial charge in [-0.15, -0.1) is 0 Å². The van der Waals surface area contributed by atoms with Crippen molar-refractivity contribution in [3.8, 4) is 0 Å². The predicted molar refractivity (Wildman–Crippen MR) is 59.9 cm³/mol. The summed E-state index contributed by atoms with van der Waals surface area (Å²) < 4.78 is 0. The maximum atomic E-state index is 11.3. The summed E-state index contributed by atoms with van der Waals surface area (Å²) in [4.78, 5) is 16.2. The fourth-order valence-corrected chi connectivity index (χ4v) is 1.22. The molecule has 0 fully saturated rings. The maximum Gasteiger partial charge on any atom is 0.260 e. The minimum absolute atomic E-state index is 0.236. The van der Waals surface area contributed by atoms with Crippen molar-refractivity contribution < 1.29 is 9.63 Å². The van der Waals surface area contributed by atoms with Crippen LogP contribution in [-0.4, -0.2) is 30.6 Å². The number of amides is 1. The molecule has 0 aliphatic heterocycles. The van der Waals surface area contributed by atoms with Crippen LogP contribution < -0.4 is 11.2 Å². The van der Waals surface area contributed by atoms with Crippen LogP contribution in [0.25, 0.3) is 0 Å².